The normalized spacial score (nSPS) is 12.6. The molecule has 0 spiro atoms. The number of hydrogen-bond acceptors (Lipinski definition) is 5. The van der Waals surface area contributed by atoms with Gasteiger partial charge in [-0.2, -0.15) is 13.2 Å². The van der Waals surface area contributed by atoms with E-state index in [1.54, 1.807) is 43.8 Å². The van der Waals surface area contributed by atoms with Gasteiger partial charge < -0.3 is 24.6 Å². The van der Waals surface area contributed by atoms with Crippen molar-refractivity contribution in [3.8, 4) is 11.5 Å². The molecule has 3 rings (SSSR count). The molecular weight excluding hydrogens is 463 g/mol. The van der Waals surface area contributed by atoms with Crippen LogP contribution in [-0.4, -0.2) is 50.7 Å². The Labute approximate surface area is 201 Å². The van der Waals surface area contributed by atoms with Gasteiger partial charge in [-0.3, -0.25) is 4.79 Å². The van der Waals surface area contributed by atoms with Crippen LogP contribution in [0.3, 0.4) is 0 Å². The smallest absolute Gasteiger partial charge is 0.471 e. The Morgan fingerprint density at radius 3 is 1.71 bits per heavy atom. The number of hydrogen-bond donors (Lipinski definition) is 2. The first-order valence-electron chi connectivity index (χ1n) is 10.7. The highest BCUT2D eigenvalue weighted by atomic mass is 19.4. The van der Waals surface area contributed by atoms with Crippen LogP contribution >= 0.6 is 0 Å². The van der Waals surface area contributed by atoms with Crippen molar-refractivity contribution in [2.24, 2.45) is 0 Å². The maximum atomic E-state index is 12.5. The molecule has 0 saturated heterocycles. The van der Waals surface area contributed by atoms with Crippen molar-refractivity contribution >= 4 is 5.91 Å². The lowest BCUT2D eigenvalue weighted by atomic mass is 9.80. The van der Waals surface area contributed by atoms with Crippen LogP contribution in [0.1, 0.15) is 16.7 Å². The second-order valence-corrected chi connectivity index (χ2v) is 7.68. The first-order valence-corrected chi connectivity index (χ1v) is 10.7. The molecular formula is C26H26F3NO5. The van der Waals surface area contributed by atoms with Gasteiger partial charge in [-0.25, -0.2) is 0 Å². The Morgan fingerprint density at radius 1 is 0.829 bits per heavy atom. The quantitative estimate of drug-likeness (QED) is 0.420. The number of alkyl halides is 3. The molecule has 0 bridgehead atoms. The zero-order chi connectivity index (χ0) is 25.5. The summed E-state index contributed by atoms with van der Waals surface area (Å²) in [5.41, 5.74) is 0.874. The summed E-state index contributed by atoms with van der Waals surface area (Å²) in [6.45, 7) is -1.00. The van der Waals surface area contributed by atoms with Crippen LogP contribution in [0.5, 0.6) is 11.5 Å². The van der Waals surface area contributed by atoms with E-state index in [2.05, 4.69) is 0 Å². The molecule has 1 unspecified atom stereocenters. The number of methoxy groups -OCH3 is 2. The maximum absolute atomic E-state index is 12.5. The molecule has 0 heterocycles. The van der Waals surface area contributed by atoms with Gasteiger partial charge in [0.15, 0.2) is 0 Å². The number of aliphatic hydroxyl groups is 1. The van der Waals surface area contributed by atoms with Crippen molar-refractivity contribution in [2.75, 3.05) is 27.4 Å². The largest absolute Gasteiger partial charge is 0.497 e. The molecule has 0 fully saturated rings. The molecule has 0 radical (unpaired) electrons. The van der Waals surface area contributed by atoms with E-state index < -0.39 is 30.3 Å². The zero-order valence-corrected chi connectivity index (χ0v) is 19.2. The Hall–Kier alpha value is -3.56. The lowest BCUT2D eigenvalue weighted by molar-refractivity contribution is -0.174. The van der Waals surface area contributed by atoms with E-state index in [4.69, 9.17) is 14.2 Å². The molecule has 35 heavy (non-hydrogen) atoms. The van der Waals surface area contributed by atoms with Gasteiger partial charge in [-0.1, -0.05) is 54.6 Å². The molecule has 186 valence electrons. The lowest BCUT2D eigenvalue weighted by Crippen LogP contribution is -2.43. The fraction of sp³-hybridized carbons (Fsp3) is 0.269. The van der Waals surface area contributed by atoms with Gasteiger partial charge in [0.25, 0.3) is 0 Å². The lowest BCUT2D eigenvalue weighted by Gasteiger charge is -2.36. The van der Waals surface area contributed by atoms with Crippen molar-refractivity contribution in [3.63, 3.8) is 0 Å². The third-order valence-corrected chi connectivity index (χ3v) is 5.42. The molecule has 0 aromatic heterocycles. The number of aliphatic hydroxyl groups excluding tert-OH is 1. The number of halogens is 3. The van der Waals surface area contributed by atoms with E-state index in [1.807, 2.05) is 54.6 Å². The van der Waals surface area contributed by atoms with E-state index in [0.717, 1.165) is 5.56 Å². The molecule has 3 aromatic rings. The van der Waals surface area contributed by atoms with Gasteiger partial charge in [0.2, 0.25) is 0 Å². The van der Waals surface area contributed by atoms with Gasteiger partial charge in [0.1, 0.15) is 17.1 Å². The predicted molar refractivity (Wildman–Crippen MR) is 123 cm³/mol. The molecule has 9 heteroatoms. The minimum Gasteiger partial charge on any atom is -0.497 e. The maximum Gasteiger partial charge on any atom is 0.471 e. The number of benzene rings is 3. The van der Waals surface area contributed by atoms with Gasteiger partial charge in [0.05, 0.1) is 26.9 Å². The summed E-state index contributed by atoms with van der Waals surface area (Å²) in [6.07, 6.45) is -6.44. The van der Waals surface area contributed by atoms with Crippen molar-refractivity contribution in [3.05, 3.63) is 95.6 Å². The molecule has 0 aliphatic heterocycles. The van der Waals surface area contributed by atoms with Crippen molar-refractivity contribution in [1.29, 1.82) is 0 Å². The van der Waals surface area contributed by atoms with Crippen LogP contribution in [0.4, 0.5) is 13.2 Å². The molecule has 2 N–H and O–H groups in total. The summed E-state index contributed by atoms with van der Waals surface area (Å²) in [7, 11) is 3.09. The molecule has 0 aliphatic rings. The van der Waals surface area contributed by atoms with E-state index in [0.29, 0.717) is 22.6 Å². The summed E-state index contributed by atoms with van der Waals surface area (Å²) in [6, 6.07) is 23.5. The standard InChI is InChI=1S/C26H26F3NO5/c1-33-22-12-8-19(9-13-22)25(18-6-4-3-5-7-18,20-10-14-23(34-2)15-11-20)35-17-21(31)16-30-24(32)26(27,28)29/h3-15,21,31H,16-17H2,1-2H3,(H,30,32). The van der Waals surface area contributed by atoms with E-state index in [1.165, 1.54) is 0 Å². The Morgan fingerprint density at radius 2 is 1.29 bits per heavy atom. The number of carbonyl (C=O) groups is 1. The van der Waals surface area contributed by atoms with Crippen LogP contribution in [0.15, 0.2) is 78.9 Å². The summed E-state index contributed by atoms with van der Waals surface area (Å²) < 4.78 is 54.4. The van der Waals surface area contributed by atoms with Crippen molar-refractivity contribution in [2.45, 2.75) is 17.9 Å². The summed E-state index contributed by atoms with van der Waals surface area (Å²) in [5.74, 6) is -0.878. The minimum atomic E-state index is -5.04. The average molecular weight is 489 g/mol. The number of carbonyl (C=O) groups excluding carboxylic acids is 1. The van der Waals surface area contributed by atoms with E-state index in [9.17, 15) is 23.1 Å². The number of nitrogens with one attached hydrogen (secondary N) is 1. The molecule has 0 saturated carbocycles. The summed E-state index contributed by atoms with van der Waals surface area (Å²) in [4.78, 5) is 11.1. The number of ether oxygens (including phenoxy) is 3. The minimum absolute atomic E-state index is 0.370. The third kappa shape index (κ3) is 6.12. The van der Waals surface area contributed by atoms with Gasteiger partial charge in [-0.05, 0) is 41.0 Å². The van der Waals surface area contributed by atoms with Crippen LogP contribution in [0.25, 0.3) is 0 Å². The van der Waals surface area contributed by atoms with Crippen LogP contribution < -0.4 is 14.8 Å². The first kappa shape index (κ1) is 26.1. The Balaban J connectivity index is 2.02. The SMILES string of the molecule is COc1ccc(C(OCC(O)CNC(=O)C(F)(F)F)(c2ccccc2)c2ccc(OC)cc2)cc1. The first-order chi connectivity index (χ1) is 16.7. The van der Waals surface area contributed by atoms with Gasteiger partial charge in [0, 0.05) is 6.54 Å². The number of amides is 1. The summed E-state index contributed by atoms with van der Waals surface area (Å²) in [5, 5.41) is 12.1. The average Bonchev–Trinajstić information content (AvgIpc) is 2.88. The molecule has 6 nitrogen and oxygen atoms in total. The predicted octanol–water partition coefficient (Wildman–Crippen LogP) is 4.05. The number of rotatable bonds is 10. The van der Waals surface area contributed by atoms with Crippen LogP contribution in [0.2, 0.25) is 0 Å². The third-order valence-electron chi connectivity index (χ3n) is 5.42. The highest BCUT2D eigenvalue weighted by molar-refractivity contribution is 5.81. The molecule has 1 amide bonds. The zero-order valence-electron chi connectivity index (χ0n) is 19.2. The fourth-order valence-electron chi connectivity index (χ4n) is 3.67. The van der Waals surface area contributed by atoms with E-state index >= 15 is 0 Å². The second-order valence-electron chi connectivity index (χ2n) is 7.68. The fourth-order valence-corrected chi connectivity index (χ4v) is 3.67. The van der Waals surface area contributed by atoms with Crippen LogP contribution in [-0.2, 0) is 15.1 Å². The second kappa shape index (κ2) is 11.2. The summed E-state index contributed by atoms with van der Waals surface area (Å²) >= 11 is 0. The molecule has 3 aromatic carbocycles. The highest BCUT2D eigenvalue weighted by Crippen LogP contribution is 2.41. The molecule has 0 aliphatic carbocycles. The Bertz CT molecular complexity index is 1040. The van der Waals surface area contributed by atoms with E-state index in [-0.39, 0.29) is 6.61 Å². The van der Waals surface area contributed by atoms with Crippen LogP contribution in [0, 0.1) is 0 Å². The Kier molecular flexibility index (Phi) is 8.37. The van der Waals surface area contributed by atoms with Crippen molar-refractivity contribution in [1.82, 2.24) is 5.32 Å². The molecule has 1 atom stereocenters. The van der Waals surface area contributed by atoms with Crippen molar-refractivity contribution < 1.29 is 37.3 Å². The monoisotopic (exact) mass is 489 g/mol. The van der Waals surface area contributed by atoms with Gasteiger partial charge >= 0.3 is 12.1 Å². The topological polar surface area (TPSA) is 77.0 Å². The van der Waals surface area contributed by atoms with Gasteiger partial charge in [-0.15, -0.1) is 0 Å². The highest BCUT2D eigenvalue weighted by Gasteiger charge is 2.40.